The number of nitro groups is 1. The molecule has 1 aromatic heterocycles. The fraction of sp³-hybridized carbons (Fsp3) is 0.353. The Hall–Kier alpha value is -2.87. The number of nitrogens with two attached hydrogens (primary N) is 1. The summed E-state index contributed by atoms with van der Waals surface area (Å²) in [7, 11) is 0. The highest BCUT2D eigenvalue weighted by Crippen LogP contribution is 2.28. The number of carbonyl (C=O) groups excluding carboxylic acids is 1. The van der Waals surface area contributed by atoms with Gasteiger partial charge in [-0.05, 0) is 45.4 Å². The number of carbonyl (C=O) groups is 1. The molecule has 8 nitrogen and oxygen atoms in total. The van der Waals surface area contributed by atoms with Crippen LogP contribution < -0.4 is 11.1 Å². The van der Waals surface area contributed by atoms with Crippen LogP contribution in [0.1, 0.15) is 39.9 Å². The molecule has 0 spiro atoms. The predicted molar refractivity (Wildman–Crippen MR) is 92.3 cm³/mol. The second kappa shape index (κ2) is 6.56. The summed E-state index contributed by atoms with van der Waals surface area (Å²) in [4.78, 5) is 22.8. The molecule has 0 saturated heterocycles. The van der Waals surface area contributed by atoms with Gasteiger partial charge in [-0.3, -0.25) is 14.9 Å². The number of nitro benzene ring substituents is 1. The minimum atomic E-state index is -1.36. The SMILES string of the molecule is Cc1cc(C(=O)NCC(C)(O)c2cc(C)oc2C)c(N)c([N+](=O)[O-])c1. The van der Waals surface area contributed by atoms with Crippen LogP contribution in [0, 0.1) is 30.9 Å². The largest absolute Gasteiger partial charge is 0.466 e. The van der Waals surface area contributed by atoms with E-state index in [1.54, 1.807) is 33.8 Å². The van der Waals surface area contributed by atoms with Crippen LogP contribution in [-0.4, -0.2) is 22.5 Å². The van der Waals surface area contributed by atoms with E-state index in [4.69, 9.17) is 10.2 Å². The topological polar surface area (TPSA) is 132 Å². The lowest BCUT2D eigenvalue weighted by Crippen LogP contribution is -2.39. The average Bonchev–Trinajstić information content (AvgIpc) is 2.86. The summed E-state index contributed by atoms with van der Waals surface area (Å²) < 4.78 is 5.40. The third-order valence-corrected chi connectivity index (χ3v) is 3.96. The number of hydrogen-bond acceptors (Lipinski definition) is 6. The van der Waals surface area contributed by atoms with Crippen LogP contribution in [0.25, 0.3) is 0 Å². The highest BCUT2D eigenvalue weighted by atomic mass is 16.6. The maximum atomic E-state index is 12.4. The van der Waals surface area contributed by atoms with Gasteiger partial charge in [-0.25, -0.2) is 0 Å². The Balaban J connectivity index is 2.23. The number of amides is 1. The summed E-state index contributed by atoms with van der Waals surface area (Å²) >= 11 is 0. The number of rotatable bonds is 5. The van der Waals surface area contributed by atoms with E-state index in [0.717, 1.165) is 0 Å². The number of nitrogens with one attached hydrogen (secondary N) is 1. The van der Waals surface area contributed by atoms with Crippen molar-refractivity contribution in [2.75, 3.05) is 12.3 Å². The van der Waals surface area contributed by atoms with Crippen LogP contribution in [-0.2, 0) is 5.60 Å². The fourth-order valence-corrected chi connectivity index (χ4v) is 2.73. The van der Waals surface area contributed by atoms with E-state index in [2.05, 4.69) is 5.32 Å². The van der Waals surface area contributed by atoms with E-state index in [1.807, 2.05) is 0 Å². The monoisotopic (exact) mass is 347 g/mol. The second-order valence-electron chi connectivity index (χ2n) is 6.29. The first kappa shape index (κ1) is 18.5. The van der Waals surface area contributed by atoms with Gasteiger partial charge < -0.3 is 20.6 Å². The molecule has 25 heavy (non-hydrogen) atoms. The van der Waals surface area contributed by atoms with Gasteiger partial charge in [0.25, 0.3) is 11.6 Å². The molecule has 1 atom stereocenters. The number of aliphatic hydroxyl groups is 1. The van der Waals surface area contributed by atoms with Gasteiger partial charge in [-0.2, -0.15) is 0 Å². The molecule has 1 aromatic carbocycles. The Morgan fingerprint density at radius 2 is 2.00 bits per heavy atom. The van der Waals surface area contributed by atoms with Gasteiger partial charge in [0.05, 0.1) is 17.0 Å². The molecule has 0 bridgehead atoms. The Bertz CT molecular complexity index is 839. The van der Waals surface area contributed by atoms with Gasteiger partial charge in [0.15, 0.2) is 0 Å². The summed E-state index contributed by atoms with van der Waals surface area (Å²) in [6.07, 6.45) is 0. The first-order valence-corrected chi connectivity index (χ1v) is 7.65. The van der Waals surface area contributed by atoms with E-state index < -0.39 is 16.4 Å². The summed E-state index contributed by atoms with van der Waals surface area (Å²) in [6, 6.07) is 4.48. The molecule has 1 unspecified atom stereocenters. The molecule has 0 saturated carbocycles. The first-order chi connectivity index (χ1) is 11.5. The molecule has 8 heteroatoms. The van der Waals surface area contributed by atoms with Crippen molar-refractivity contribution in [1.29, 1.82) is 0 Å². The van der Waals surface area contributed by atoms with Crippen LogP contribution >= 0.6 is 0 Å². The Kier molecular flexibility index (Phi) is 4.85. The van der Waals surface area contributed by atoms with Gasteiger partial charge in [-0.1, -0.05) is 0 Å². The molecule has 4 N–H and O–H groups in total. The van der Waals surface area contributed by atoms with Crippen molar-refractivity contribution in [3.05, 3.63) is 56.5 Å². The Labute approximate surface area is 144 Å². The second-order valence-corrected chi connectivity index (χ2v) is 6.29. The zero-order valence-electron chi connectivity index (χ0n) is 14.5. The molecule has 0 aliphatic heterocycles. The number of hydrogen-bond donors (Lipinski definition) is 3. The normalized spacial score (nSPS) is 13.3. The molecule has 0 aliphatic carbocycles. The van der Waals surface area contributed by atoms with Gasteiger partial charge in [0.1, 0.15) is 22.8 Å². The van der Waals surface area contributed by atoms with E-state index in [1.165, 1.54) is 12.1 Å². The standard InChI is InChI=1S/C17H21N3O5/c1-9-5-12(15(18)14(6-9)20(23)24)16(21)19-8-17(4,22)13-7-10(2)25-11(13)3/h5-7,22H,8,18H2,1-4H3,(H,19,21). The lowest BCUT2D eigenvalue weighted by Gasteiger charge is -2.23. The summed E-state index contributed by atoms with van der Waals surface area (Å²) in [5.41, 5.74) is 4.97. The summed E-state index contributed by atoms with van der Waals surface area (Å²) in [5, 5.41) is 24.2. The Morgan fingerprint density at radius 1 is 1.36 bits per heavy atom. The minimum Gasteiger partial charge on any atom is -0.466 e. The quantitative estimate of drug-likeness (QED) is 0.432. The van der Waals surface area contributed by atoms with Crippen molar-refractivity contribution < 1.29 is 19.2 Å². The number of nitrogens with zero attached hydrogens (tertiary/aromatic N) is 1. The molecule has 2 rings (SSSR count). The van der Waals surface area contributed by atoms with Gasteiger partial charge >= 0.3 is 0 Å². The number of nitrogen functional groups attached to an aromatic ring is 1. The predicted octanol–water partition coefficient (Wildman–Crippen LogP) is 2.33. The van der Waals surface area contributed by atoms with Gasteiger partial charge in [0, 0.05) is 11.6 Å². The molecule has 0 aliphatic rings. The van der Waals surface area contributed by atoms with E-state index in [-0.39, 0.29) is 23.5 Å². The zero-order valence-corrected chi connectivity index (χ0v) is 14.5. The van der Waals surface area contributed by atoms with Gasteiger partial charge in [0.2, 0.25) is 0 Å². The third kappa shape index (κ3) is 3.80. The van der Waals surface area contributed by atoms with Crippen LogP contribution in [0.5, 0.6) is 0 Å². The Morgan fingerprint density at radius 3 is 2.52 bits per heavy atom. The molecule has 134 valence electrons. The summed E-state index contributed by atoms with van der Waals surface area (Å²) in [6.45, 7) is 6.56. The molecule has 1 heterocycles. The van der Waals surface area contributed by atoms with Crippen LogP contribution in [0.4, 0.5) is 11.4 Å². The average molecular weight is 347 g/mol. The van der Waals surface area contributed by atoms with Crippen LogP contribution in [0.2, 0.25) is 0 Å². The van der Waals surface area contributed by atoms with Crippen molar-refractivity contribution >= 4 is 17.3 Å². The third-order valence-electron chi connectivity index (χ3n) is 3.96. The van der Waals surface area contributed by atoms with Crippen LogP contribution in [0.15, 0.2) is 22.6 Å². The number of furan rings is 1. The van der Waals surface area contributed by atoms with Crippen LogP contribution in [0.3, 0.4) is 0 Å². The molecular weight excluding hydrogens is 326 g/mol. The maximum absolute atomic E-state index is 12.4. The molecular formula is C17H21N3O5. The van der Waals surface area contributed by atoms with Crippen molar-refractivity contribution in [2.24, 2.45) is 0 Å². The number of benzene rings is 1. The highest BCUT2D eigenvalue weighted by Gasteiger charge is 2.29. The first-order valence-electron chi connectivity index (χ1n) is 7.65. The zero-order chi connectivity index (χ0) is 18.9. The summed E-state index contributed by atoms with van der Waals surface area (Å²) in [5.74, 6) is 0.613. The van der Waals surface area contributed by atoms with Crippen molar-refractivity contribution in [3.63, 3.8) is 0 Å². The lowest BCUT2D eigenvalue weighted by molar-refractivity contribution is -0.384. The van der Waals surface area contributed by atoms with E-state index in [9.17, 15) is 20.0 Å². The van der Waals surface area contributed by atoms with Gasteiger partial charge in [-0.15, -0.1) is 0 Å². The van der Waals surface area contributed by atoms with Crippen molar-refractivity contribution in [2.45, 2.75) is 33.3 Å². The van der Waals surface area contributed by atoms with E-state index in [0.29, 0.717) is 22.6 Å². The van der Waals surface area contributed by atoms with Crippen molar-refractivity contribution in [3.8, 4) is 0 Å². The lowest BCUT2D eigenvalue weighted by atomic mass is 9.96. The molecule has 1 amide bonds. The minimum absolute atomic E-state index is 0.00240. The highest BCUT2D eigenvalue weighted by molar-refractivity contribution is 6.01. The van der Waals surface area contributed by atoms with Crippen molar-refractivity contribution in [1.82, 2.24) is 5.32 Å². The fourth-order valence-electron chi connectivity index (χ4n) is 2.73. The maximum Gasteiger partial charge on any atom is 0.293 e. The molecule has 0 fully saturated rings. The number of anilines is 1. The molecule has 2 aromatic rings. The van der Waals surface area contributed by atoms with E-state index >= 15 is 0 Å². The number of aryl methyl sites for hydroxylation is 3. The molecule has 0 radical (unpaired) electrons. The smallest absolute Gasteiger partial charge is 0.293 e.